The first-order chi connectivity index (χ1) is 9.20. The van der Waals surface area contributed by atoms with Crippen molar-refractivity contribution < 1.29 is 9.26 Å². The van der Waals surface area contributed by atoms with Crippen LogP contribution in [0.5, 0.6) is 11.5 Å². The molecule has 0 spiro atoms. The number of benzene rings is 2. The van der Waals surface area contributed by atoms with E-state index in [2.05, 4.69) is 26.0 Å². The largest absolute Gasteiger partial charge is 0.497 e. The molecule has 100 valence electrons. The highest BCUT2D eigenvalue weighted by atomic mass is 31.1. The van der Waals surface area contributed by atoms with Crippen molar-refractivity contribution in [1.29, 1.82) is 0 Å². The van der Waals surface area contributed by atoms with Gasteiger partial charge < -0.3 is 9.26 Å². The summed E-state index contributed by atoms with van der Waals surface area (Å²) in [6.45, 7) is 4.39. The molecule has 0 aliphatic rings. The van der Waals surface area contributed by atoms with Gasteiger partial charge in [-0.2, -0.15) is 0 Å². The normalized spacial score (nSPS) is 12.2. The molecule has 0 saturated heterocycles. The zero-order valence-electron chi connectivity index (χ0n) is 11.5. The van der Waals surface area contributed by atoms with Crippen LogP contribution in [0.4, 0.5) is 0 Å². The van der Waals surface area contributed by atoms with Crippen LogP contribution < -0.4 is 14.6 Å². The molecule has 0 N–H and O–H groups in total. The molecule has 2 aromatic rings. The van der Waals surface area contributed by atoms with E-state index in [1.54, 1.807) is 7.11 Å². The van der Waals surface area contributed by atoms with E-state index >= 15 is 0 Å². The molecule has 2 aromatic carbocycles. The Morgan fingerprint density at radius 1 is 0.842 bits per heavy atom. The summed E-state index contributed by atoms with van der Waals surface area (Å²) < 4.78 is 11.4. The maximum Gasteiger partial charge on any atom is 0.123 e. The maximum atomic E-state index is 6.16. The molecular weight excluding hydrogens is 255 g/mol. The van der Waals surface area contributed by atoms with E-state index in [1.165, 1.54) is 5.30 Å². The van der Waals surface area contributed by atoms with E-state index < -0.39 is 8.15 Å². The molecular formula is C16H19O2P. The SMILES string of the molecule is COc1ccc(P(Oc2ccccc2)C(C)C)cc1. The lowest BCUT2D eigenvalue weighted by Crippen LogP contribution is -2.12. The van der Waals surface area contributed by atoms with Crippen LogP contribution in [0.25, 0.3) is 0 Å². The number of methoxy groups -OCH3 is 1. The van der Waals surface area contributed by atoms with Crippen molar-refractivity contribution >= 4 is 13.5 Å². The van der Waals surface area contributed by atoms with Gasteiger partial charge in [0.05, 0.1) is 7.11 Å². The van der Waals surface area contributed by atoms with Gasteiger partial charge >= 0.3 is 0 Å². The van der Waals surface area contributed by atoms with Crippen molar-refractivity contribution in [3.05, 3.63) is 54.6 Å². The summed E-state index contributed by atoms with van der Waals surface area (Å²) in [6, 6.07) is 18.2. The van der Waals surface area contributed by atoms with Crippen molar-refractivity contribution in [2.24, 2.45) is 0 Å². The van der Waals surface area contributed by atoms with E-state index in [-0.39, 0.29) is 0 Å². The summed E-state index contributed by atoms with van der Waals surface area (Å²) in [4.78, 5) is 0. The van der Waals surface area contributed by atoms with Gasteiger partial charge in [-0.1, -0.05) is 32.0 Å². The molecule has 2 nitrogen and oxygen atoms in total. The van der Waals surface area contributed by atoms with Crippen LogP contribution in [0.1, 0.15) is 13.8 Å². The van der Waals surface area contributed by atoms with Gasteiger partial charge in [-0.15, -0.1) is 0 Å². The topological polar surface area (TPSA) is 18.5 Å². The minimum atomic E-state index is -0.664. The molecule has 0 fully saturated rings. The highest BCUT2D eigenvalue weighted by Crippen LogP contribution is 2.42. The first-order valence-electron chi connectivity index (χ1n) is 6.37. The Labute approximate surface area is 116 Å². The third-order valence-electron chi connectivity index (χ3n) is 2.74. The van der Waals surface area contributed by atoms with Gasteiger partial charge in [0.25, 0.3) is 0 Å². The fourth-order valence-corrected chi connectivity index (χ4v) is 3.48. The van der Waals surface area contributed by atoms with Crippen LogP contribution in [0.3, 0.4) is 0 Å². The number of hydrogen-bond donors (Lipinski definition) is 0. The zero-order chi connectivity index (χ0) is 13.7. The molecule has 0 amide bonds. The van der Waals surface area contributed by atoms with Crippen molar-refractivity contribution in [3.8, 4) is 11.5 Å². The summed E-state index contributed by atoms with van der Waals surface area (Å²) in [7, 11) is 1.02. The highest BCUT2D eigenvalue weighted by molar-refractivity contribution is 7.61. The standard InChI is InChI=1S/C16H19O2P/c1-13(2)19(18-15-7-5-4-6-8-15)16-11-9-14(17-3)10-12-16/h4-13H,1-3H3. The van der Waals surface area contributed by atoms with E-state index in [0.29, 0.717) is 5.66 Å². The number of hydrogen-bond acceptors (Lipinski definition) is 2. The van der Waals surface area contributed by atoms with Crippen molar-refractivity contribution in [2.75, 3.05) is 7.11 Å². The average molecular weight is 274 g/mol. The second-order valence-electron chi connectivity index (χ2n) is 4.52. The molecule has 1 atom stereocenters. The average Bonchev–Trinajstić information content (AvgIpc) is 2.46. The Bertz CT molecular complexity index is 494. The van der Waals surface area contributed by atoms with Gasteiger partial charge in [0.15, 0.2) is 0 Å². The molecule has 0 heterocycles. The van der Waals surface area contributed by atoms with Gasteiger partial charge in [-0.25, -0.2) is 0 Å². The molecule has 0 aliphatic carbocycles. The Balaban J connectivity index is 2.19. The molecule has 3 heteroatoms. The Morgan fingerprint density at radius 3 is 2.00 bits per heavy atom. The second kappa shape index (κ2) is 6.58. The molecule has 19 heavy (non-hydrogen) atoms. The second-order valence-corrected chi connectivity index (χ2v) is 6.91. The Morgan fingerprint density at radius 2 is 1.47 bits per heavy atom. The summed E-state index contributed by atoms with van der Waals surface area (Å²) in [6.07, 6.45) is 0. The van der Waals surface area contributed by atoms with Crippen molar-refractivity contribution in [3.63, 3.8) is 0 Å². The minimum Gasteiger partial charge on any atom is -0.497 e. The lowest BCUT2D eigenvalue weighted by Gasteiger charge is -2.22. The fourth-order valence-electron chi connectivity index (χ4n) is 1.78. The van der Waals surface area contributed by atoms with Crippen LogP contribution in [-0.4, -0.2) is 12.8 Å². The summed E-state index contributed by atoms with van der Waals surface area (Å²) in [5, 5.41) is 1.23. The van der Waals surface area contributed by atoms with Gasteiger partial charge in [0.2, 0.25) is 0 Å². The number of rotatable bonds is 5. The van der Waals surface area contributed by atoms with Crippen LogP contribution in [0.15, 0.2) is 54.6 Å². The highest BCUT2D eigenvalue weighted by Gasteiger charge is 2.18. The molecule has 0 bridgehead atoms. The summed E-state index contributed by atoms with van der Waals surface area (Å²) >= 11 is 0. The van der Waals surface area contributed by atoms with Crippen LogP contribution in [-0.2, 0) is 0 Å². The van der Waals surface area contributed by atoms with Crippen LogP contribution in [0.2, 0.25) is 0 Å². The van der Waals surface area contributed by atoms with Crippen LogP contribution in [0, 0.1) is 0 Å². The number of ether oxygens (including phenoxy) is 1. The Kier molecular flexibility index (Phi) is 4.81. The molecule has 1 unspecified atom stereocenters. The molecule has 0 aromatic heterocycles. The zero-order valence-corrected chi connectivity index (χ0v) is 12.4. The first kappa shape index (κ1) is 13.9. The first-order valence-corrected chi connectivity index (χ1v) is 7.70. The van der Waals surface area contributed by atoms with Gasteiger partial charge in [0, 0.05) is 11.0 Å². The van der Waals surface area contributed by atoms with Gasteiger partial charge in [0.1, 0.15) is 19.6 Å². The molecule has 0 radical (unpaired) electrons. The fraction of sp³-hybridized carbons (Fsp3) is 0.250. The number of para-hydroxylation sites is 1. The lowest BCUT2D eigenvalue weighted by atomic mass is 10.3. The lowest BCUT2D eigenvalue weighted by molar-refractivity contribution is 0.415. The quantitative estimate of drug-likeness (QED) is 0.761. The monoisotopic (exact) mass is 274 g/mol. The third kappa shape index (κ3) is 3.71. The van der Waals surface area contributed by atoms with Gasteiger partial charge in [-0.3, -0.25) is 0 Å². The van der Waals surface area contributed by atoms with E-state index in [4.69, 9.17) is 9.26 Å². The minimum absolute atomic E-state index is 0.462. The third-order valence-corrected chi connectivity index (χ3v) is 4.90. The van der Waals surface area contributed by atoms with Crippen molar-refractivity contribution in [2.45, 2.75) is 19.5 Å². The predicted octanol–water partition coefficient (Wildman–Crippen LogP) is 4.20. The molecule has 2 rings (SSSR count). The maximum absolute atomic E-state index is 6.16. The van der Waals surface area contributed by atoms with E-state index in [1.807, 2.05) is 42.5 Å². The predicted molar refractivity (Wildman–Crippen MR) is 81.8 cm³/mol. The summed E-state index contributed by atoms with van der Waals surface area (Å²) in [5.41, 5.74) is 0.462. The van der Waals surface area contributed by atoms with Gasteiger partial charge in [-0.05, 0) is 36.4 Å². The van der Waals surface area contributed by atoms with Crippen LogP contribution >= 0.6 is 8.15 Å². The van der Waals surface area contributed by atoms with E-state index in [9.17, 15) is 0 Å². The van der Waals surface area contributed by atoms with E-state index in [0.717, 1.165) is 11.5 Å². The molecule has 0 aliphatic heterocycles. The smallest absolute Gasteiger partial charge is 0.123 e. The van der Waals surface area contributed by atoms with Crippen molar-refractivity contribution in [1.82, 2.24) is 0 Å². The Hall–Kier alpha value is -1.53. The molecule has 0 saturated carbocycles. The summed E-state index contributed by atoms with van der Waals surface area (Å²) in [5.74, 6) is 1.81.